The second kappa shape index (κ2) is 9.57. The molecule has 0 unspecified atom stereocenters. The maximum absolute atomic E-state index is 12.0. The van der Waals surface area contributed by atoms with E-state index in [1.807, 2.05) is 60.7 Å². The molecule has 0 saturated carbocycles. The highest BCUT2D eigenvalue weighted by Crippen LogP contribution is 2.22. The Morgan fingerprint density at radius 1 is 1.21 bits per heavy atom. The molecule has 1 amide bonds. The largest absolute Gasteiger partial charge is 0.491 e. The van der Waals surface area contributed by atoms with Gasteiger partial charge in [-0.2, -0.15) is 0 Å². The molecular formula is C18H21ClN2O2S. The van der Waals surface area contributed by atoms with E-state index in [0.29, 0.717) is 30.5 Å². The molecule has 2 aromatic rings. The van der Waals surface area contributed by atoms with Gasteiger partial charge in [0.25, 0.3) is 0 Å². The number of anilines is 1. The molecule has 0 atom stereocenters. The molecule has 6 heteroatoms. The number of rotatable bonds is 8. The van der Waals surface area contributed by atoms with Crippen LogP contribution in [-0.2, 0) is 4.79 Å². The van der Waals surface area contributed by atoms with E-state index in [9.17, 15) is 4.79 Å². The van der Waals surface area contributed by atoms with Crippen molar-refractivity contribution >= 4 is 35.0 Å². The predicted octanol–water partition coefficient (Wildman–Crippen LogP) is 4.01. The van der Waals surface area contributed by atoms with Crippen molar-refractivity contribution < 1.29 is 9.53 Å². The zero-order chi connectivity index (χ0) is 17.4. The first-order chi connectivity index (χ1) is 11.6. The lowest BCUT2D eigenvalue weighted by molar-refractivity contribution is -0.117. The number of carbonyl (C=O) groups excluding carboxylic acids is 1. The average Bonchev–Trinajstić information content (AvgIpc) is 2.57. The minimum atomic E-state index is -0.0489. The SMILES string of the molecule is CSc1ccc(NC(=O)CN(C)CCOc2ccccc2Cl)cc1. The van der Waals surface area contributed by atoms with Gasteiger partial charge in [0, 0.05) is 17.1 Å². The highest BCUT2D eigenvalue weighted by Gasteiger charge is 2.08. The number of benzene rings is 2. The molecule has 0 bridgehead atoms. The quantitative estimate of drug-likeness (QED) is 0.718. The van der Waals surface area contributed by atoms with Crippen LogP contribution in [0.15, 0.2) is 53.4 Å². The van der Waals surface area contributed by atoms with Crippen LogP contribution in [0.5, 0.6) is 5.75 Å². The molecule has 128 valence electrons. The summed E-state index contributed by atoms with van der Waals surface area (Å²) in [4.78, 5) is 15.1. The van der Waals surface area contributed by atoms with Crippen LogP contribution in [0, 0.1) is 0 Å². The molecule has 2 rings (SSSR count). The monoisotopic (exact) mass is 364 g/mol. The summed E-state index contributed by atoms with van der Waals surface area (Å²) in [6.07, 6.45) is 2.02. The van der Waals surface area contributed by atoms with Gasteiger partial charge in [-0.05, 0) is 49.7 Å². The number of likely N-dealkylation sites (N-methyl/N-ethyl adjacent to an activating group) is 1. The van der Waals surface area contributed by atoms with Crippen LogP contribution in [0.4, 0.5) is 5.69 Å². The van der Waals surface area contributed by atoms with Gasteiger partial charge >= 0.3 is 0 Å². The molecule has 24 heavy (non-hydrogen) atoms. The Morgan fingerprint density at radius 2 is 1.92 bits per heavy atom. The maximum Gasteiger partial charge on any atom is 0.238 e. The second-order valence-corrected chi connectivity index (χ2v) is 6.58. The third-order valence-corrected chi connectivity index (χ3v) is 4.41. The van der Waals surface area contributed by atoms with E-state index in [4.69, 9.17) is 16.3 Å². The first kappa shape index (κ1) is 18.6. The molecule has 0 spiro atoms. The number of amides is 1. The van der Waals surface area contributed by atoms with Crippen LogP contribution in [0.2, 0.25) is 5.02 Å². The maximum atomic E-state index is 12.0. The van der Waals surface area contributed by atoms with Crippen molar-refractivity contribution in [2.75, 3.05) is 38.3 Å². The number of ether oxygens (including phenoxy) is 1. The zero-order valence-corrected chi connectivity index (χ0v) is 15.4. The van der Waals surface area contributed by atoms with Gasteiger partial charge in [0.15, 0.2) is 0 Å². The number of carbonyl (C=O) groups is 1. The molecule has 0 fully saturated rings. The Labute approximate surface area is 152 Å². The Balaban J connectivity index is 1.72. The smallest absolute Gasteiger partial charge is 0.238 e. The molecule has 2 aromatic carbocycles. The van der Waals surface area contributed by atoms with E-state index < -0.39 is 0 Å². The molecule has 0 aliphatic heterocycles. The van der Waals surface area contributed by atoms with E-state index in [-0.39, 0.29) is 5.91 Å². The highest BCUT2D eigenvalue weighted by atomic mass is 35.5. The molecule has 0 aromatic heterocycles. The van der Waals surface area contributed by atoms with Crippen molar-refractivity contribution in [1.82, 2.24) is 4.90 Å². The van der Waals surface area contributed by atoms with Crippen LogP contribution in [0.25, 0.3) is 0 Å². The van der Waals surface area contributed by atoms with Gasteiger partial charge < -0.3 is 10.1 Å². The number of hydrogen-bond donors (Lipinski definition) is 1. The number of nitrogens with zero attached hydrogens (tertiary/aromatic N) is 1. The minimum Gasteiger partial charge on any atom is -0.491 e. The van der Waals surface area contributed by atoms with Gasteiger partial charge in [-0.15, -0.1) is 11.8 Å². The zero-order valence-electron chi connectivity index (χ0n) is 13.8. The standard InChI is InChI=1S/C18H21ClN2O2S/c1-21(11-12-23-17-6-4-3-5-16(17)19)13-18(22)20-14-7-9-15(24-2)10-8-14/h3-10H,11-13H2,1-2H3,(H,20,22). The molecular weight excluding hydrogens is 344 g/mol. The summed E-state index contributed by atoms with van der Waals surface area (Å²) in [6, 6.07) is 15.1. The fourth-order valence-electron chi connectivity index (χ4n) is 2.07. The van der Waals surface area contributed by atoms with Crippen LogP contribution in [0.3, 0.4) is 0 Å². The number of nitrogens with one attached hydrogen (secondary N) is 1. The van der Waals surface area contributed by atoms with E-state index in [1.54, 1.807) is 17.8 Å². The number of hydrogen-bond acceptors (Lipinski definition) is 4. The Kier molecular flexibility index (Phi) is 7.43. The van der Waals surface area contributed by atoms with Crippen molar-refractivity contribution in [3.05, 3.63) is 53.6 Å². The topological polar surface area (TPSA) is 41.6 Å². The van der Waals surface area contributed by atoms with Crippen molar-refractivity contribution in [3.8, 4) is 5.75 Å². The Hall–Kier alpha value is -1.69. The van der Waals surface area contributed by atoms with Crippen LogP contribution in [0.1, 0.15) is 0 Å². The lowest BCUT2D eigenvalue weighted by Crippen LogP contribution is -2.33. The molecule has 4 nitrogen and oxygen atoms in total. The van der Waals surface area contributed by atoms with E-state index in [1.165, 1.54) is 4.90 Å². The number of thioether (sulfide) groups is 1. The van der Waals surface area contributed by atoms with Gasteiger partial charge in [0.2, 0.25) is 5.91 Å². The Morgan fingerprint density at radius 3 is 2.58 bits per heavy atom. The summed E-state index contributed by atoms with van der Waals surface area (Å²) in [5, 5.41) is 3.48. The highest BCUT2D eigenvalue weighted by molar-refractivity contribution is 7.98. The fourth-order valence-corrected chi connectivity index (χ4v) is 2.67. The van der Waals surface area contributed by atoms with Gasteiger partial charge in [0.05, 0.1) is 11.6 Å². The fraction of sp³-hybridized carbons (Fsp3) is 0.278. The van der Waals surface area contributed by atoms with Crippen molar-refractivity contribution in [2.24, 2.45) is 0 Å². The van der Waals surface area contributed by atoms with Gasteiger partial charge in [-0.1, -0.05) is 23.7 Å². The summed E-state index contributed by atoms with van der Waals surface area (Å²) in [5.41, 5.74) is 0.804. The van der Waals surface area contributed by atoms with Crippen molar-refractivity contribution in [2.45, 2.75) is 4.90 Å². The first-order valence-corrected chi connectivity index (χ1v) is 9.18. The van der Waals surface area contributed by atoms with Gasteiger partial charge in [0.1, 0.15) is 12.4 Å². The lowest BCUT2D eigenvalue weighted by Gasteiger charge is -2.17. The Bertz CT molecular complexity index is 664. The lowest BCUT2D eigenvalue weighted by atomic mass is 10.3. The summed E-state index contributed by atoms with van der Waals surface area (Å²) in [5.74, 6) is 0.609. The molecule has 0 saturated heterocycles. The molecule has 0 aliphatic rings. The molecule has 0 radical (unpaired) electrons. The summed E-state index contributed by atoms with van der Waals surface area (Å²) >= 11 is 7.70. The van der Waals surface area contributed by atoms with Gasteiger partial charge in [-0.3, -0.25) is 9.69 Å². The van der Waals surface area contributed by atoms with Crippen molar-refractivity contribution in [3.63, 3.8) is 0 Å². The van der Waals surface area contributed by atoms with Crippen LogP contribution >= 0.6 is 23.4 Å². The third-order valence-electron chi connectivity index (χ3n) is 3.35. The van der Waals surface area contributed by atoms with Gasteiger partial charge in [-0.25, -0.2) is 0 Å². The predicted molar refractivity (Wildman–Crippen MR) is 101 cm³/mol. The first-order valence-electron chi connectivity index (χ1n) is 7.58. The van der Waals surface area contributed by atoms with Crippen molar-refractivity contribution in [1.29, 1.82) is 0 Å². The summed E-state index contributed by atoms with van der Waals surface area (Å²) < 4.78 is 5.63. The number of halogens is 1. The summed E-state index contributed by atoms with van der Waals surface area (Å²) in [6.45, 7) is 1.40. The van der Waals surface area contributed by atoms with Crippen LogP contribution in [-0.4, -0.2) is 43.8 Å². The molecule has 0 heterocycles. The van der Waals surface area contributed by atoms with E-state index in [0.717, 1.165) is 5.69 Å². The minimum absolute atomic E-state index is 0.0489. The third kappa shape index (κ3) is 6.07. The number of para-hydroxylation sites is 1. The van der Waals surface area contributed by atoms with Crippen LogP contribution < -0.4 is 10.1 Å². The average molecular weight is 365 g/mol. The molecule has 0 aliphatic carbocycles. The second-order valence-electron chi connectivity index (χ2n) is 5.29. The normalized spacial score (nSPS) is 10.7. The molecule has 1 N–H and O–H groups in total. The summed E-state index contributed by atoms with van der Waals surface area (Å²) in [7, 11) is 1.88. The van der Waals surface area contributed by atoms with E-state index >= 15 is 0 Å². The van der Waals surface area contributed by atoms with E-state index in [2.05, 4.69) is 5.32 Å².